The van der Waals surface area contributed by atoms with Crippen LogP contribution >= 0.6 is 0 Å². The zero-order chi connectivity index (χ0) is 8.53. The second-order valence-electron chi connectivity index (χ2n) is 2.78. The van der Waals surface area contributed by atoms with Crippen LogP contribution in [0, 0.1) is 0 Å². The van der Waals surface area contributed by atoms with Gasteiger partial charge in [-0.2, -0.15) is 0 Å². The van der Waals surface area contributed by atoms with Crippen LogP contribution in [0.1, 0.15) is 39.0 Å². The Morgan fingerprint density at radius 3 is 2.55 bits per heavy atom. The molecule has 0 radical (unpaired) electrons. The summed E-state index contributed by atoms with van der Waals surface area (Å²) in [5, 5.41) is 0. The largest absolute Gasteiger partial charge is 0.377 e. The van der Waals surface area contributed by atoms with E-state index in [0.29, 0.717) is 6.42 Å². The first-order valence-corrected chi connectivity index (χ1v) is 4.32. The summed E-state index contributed by atoms with van der Waals surface area (Å²) in [7, 11) is 1.56. The van der Waals surface area contributed by atoms with Crippen molar-refractivity contribution >= 4 is 5.78 Å². The van der Waals surface area contributed by atoms with E-state index in [2.05, 4.69) is 6.92 Å². The number of carbonyl (C=O) groups is 1. The molecular formula is C9H18O2. The number of ether oxygens (including phenoxy) is 1. The Hall–Kier alpha value is -0.370. The molecule has 0 aliphatic rings. The van der Waals surface area contributed by atoms with Crippen LogP contribution in [-0.2, 0) is 9.53 Å². The average molecular weight is 158 g/mol. The minimum atomic E-state index is 0.226. The summed E-state index contributed by atoms with van der Waals surface area (Å²) in [6.07, 6.45) is 5.34. The van der Waals surface area contributed by atoms with Gasteiger partial charge in [-0.05, 0) is 6.42 Å². The zero-order valence-electron chi connectivity index (χ0n) is 7.56. The third-order valence-electron chi connectivity index (χ3n) is 1.61. The van der Waals surface area contributed by atoms with Crippen molar-refractivity contribution in [3.63, 3.8) is 0 Å². The molecule has 0 amide bonds. The minimum absolute atomic E-state index is 0.226. The fraction of sp³-hybridized carbons (Fsp3) is 0.889. The van der Waals surface area contributed by atoms with E-state index < -0.39 is 0 Å². The molecule has 11 heavy (non-hydrogen) atoms. The zero-order valence-corrected chi connectivity index (χ0v) is 7.56. The fourth-order valence-corrected chi connectivity index (χ4v) is 0.982. The summed E-state index contributed by atoms with van der Waals surface area (Å²) >= 11 is 0. The summed E-state index contributed by atoms with van der Waals surface area (Å²) in [4.78, 5) is 10.9. The van der Waals surface area contributed by atoms with Crippen molar-refractivity contribution in [3.8, 4) is 0 Å². The molecule has 0 aromatic carbocycles. The Morgan fingerprint density at radius 2 is 2.00 bits per heavy atom. The second kappa shape index (κ2) is 7.73. The van der Waals surface area contributed by atoms with E-state index in [4.69, 9.17) is 4.74 Å². The van der Waals surface area contributed by atoms with E-state index in [-0.39, 0.29) is 12.4 Å². The molecule has 0 aliphatic carbocycles. The fourth-order valence-electron chi connectivity index (χ4n) is 0.982. The standard InChI is InChI=1S/C9H18O2/c1-3-4-5-6-7-9(10)8-11-2/h3-8H2,1-2H3. The summed E-state index contributed by atoms with van der Waals surface area (Å²) < 4.78 is 4.71. The molecule has 0 spiro atoms. The molecule has 0 N–H and O–H groups in total. The normalized spacial score (nSPS) is 10.0. The highest BCUT2D eigenvalue weighted by Gasteiger charge is 1.98. The number of Topliss-reactive ketones (excluding diaryl/α,β-unsaturated/α-hetero) is 1. The lowest BCUT2D eigenvalue weighted by Crippen LogP contribution is -2.05. The van der Waals surface area contributed by atoms with E-state index in [1.165, 1.54) is 19.3 Å². The molecule has 0 fully saturated rings. The maximum Gasteiger partial charge on any atom is 0.158 e. The molecule has 2 nitrogen and oxygen atoms in total. The Morgan fingerprint density at radius 1 is 1.27 bits per heavy atom. The quantitative estimate of drug-likeness (QED) is 0.531. The van der Waals surface area contributed by atoms with E-state index in [1.807, 2.05) is 0 Å². The van der Waals surface area contributed by atoms with Gasteiger partial charge in [-0.25, -0.2) is 0 Å². The minimum Gasteiger partial charge on any atom is -0.377 e. The molecule has 0 aliphatic heterocycles. The first kappa shape index (κ1) is 10.6. The van der Waals surface area contributed by atoms with Crippen LogP contribution in [0.3, 0.4) is 0 Å². The number of hydrogen-bond acceptors (Lipinski definition) is 2. The number of methoxy groups -OCH3 is 1. The van der Waals surface area contributed by atoms with Crippen molar-refractivity contribution in [1.29, 1.82) is 0 Å². The van der Waals surface area contributed by atoms with Crippen LogP contribution in [0.15, 0.2) is 0 Å². The molecule has 0 saturated heterocycles. The molecule has 0 atom stereocenters. The Kier molecular flexibility index (Phi) is 7.47. The molecule has 0 unspecified atom stereocenters. The number of rotatable bonds is 7. The monoisotopic (exact) mass is 158 g/mol. The maximum absolute atomic E-state index is 10.9. The van der Waals surface area contributed by atoms with Gasteiger partial charge < -0.3 is 4.74 Å². The van der Waals surface area contributed by atoms with Crippen LogP contribution in [0.25, 0.3) is 0 Å². The van der Waals surface area contributed by atoms with Gasteiger partial charge >= 0.3 is 0 Å². The lowest BCUT2D eigenvalue weighted by Gasteiger charge is -1.98. The van der Waals surface area contributed by atoms with Crippen LogP contribution in [0.5, 0.6) is 0 Å². The summed E-state index contributed by atoms with van der Waals surface area (Å²) in [6.45, 7) is 2.45. The van der Waals surface area contributed by atoms with Crippen molar-refractivity contribution in [2.75, 3.05) is 13.7 Å². The number of unbranched alkanes of at least 4 members (excludes halogenated alkanes) is 3. The van der Waals surface area contributed by atoms with Gasteiger partial charge in [-0.3, -0.25) is 4.79 Å². The van der Waals surface area contributed by atoms with E-state index in [1.54, 1.807) is 7.11 Å². The highest BCUT2D eigenvalue weighted by atomic mass is 16.5. The lowest BCUT2D eigenvalue weighted by atomic mass is 10.1. The molecule has 0 saturated carbocycles. The van der Waals surface area contributed by atoms with Gasteiger partial charge in [0.1, 0.15) is 6.61 Å². The number of carbonyl (C=O) groups excluding carboxylic acids is 1. The molecule has 2 heteroatoms. The topological polar surface area (TPSA) is 26.3 Å². The molecule has 0 heterocycles. The SMILES string of the molecule is CCCCCCC(=O)COC. The van der Waals surface area contributed by atoms with Crippen LogP contribution in [-0.4, -0.2) is 19.5 Å². The predicted octanol–water partition coefficient (Wildman–Crippen LogP) is 2.17. The Bertz CT molecular complexity index is 99.7. The first-order chi connectivity index (χ1) is 5.31. The van der Waals surface area contributed by atoms with Crippen molar-refractivity contribution in [2.45, 2.75) is 39.0 Å². The third kappa shape index (κ3) is 7.53. The number of ketones is 1. The molecular weight excluding hydrogens is 140 g/mol. The van der Waals surface area contributed by atoms with Crippen LogP contribution in [0.2, 0.25) is 0 Å². The van der Waals surface area contributed by atoms with Gasteiger partial charge in [-0.15, -0.1) is 0 Å². The van der Waals surface area contributed by atoms with E-state index in [0.717, 1.165) is 6.42 Å². The van der Waals surface area contributed by atoms with Gasteiger partial charge in [0.15, 0.2) is 5.78 Å². The van der Waals surface area contributed by atoms with Gasteiger partial charge in [0, 0.05) is 13.5 Å². The molecule has 66 valence electrons. The lowest BCUT2D eigenvalue weighted by molar-refractivity contribution is -0.122. The third-order valence-corrected chi connectivity index (χ3v) is 1.61. The van der Waals surface area contributed by atoms with Gasteiger partial charge in [-0.1, -0.05) is 26.2 Å². The van der Waals surface area contributed by atoms with Crippen molar-refractivity contribution in [3.05, 3.63) is 0 Å². The highest BCUT2D eigenvalue weighted by molar-refractivity contribution is 5.79. The van der Waals surface area contributed by atoms with Crippen molar-refractivity contribution < 1.29 is 9.53 Å². The van der Waals surface area contributed by atoms with E-state index in [9.17, 15) is 4.79 Å². The summed E-state index contributed by atoms with van der Waals surface area (Å²) in [6, 6.07) is 0. The average Bonchev–Trinajstić information content (AvgIpc) is 1.99. The van der Waals surface area contributed by atoms with Gasteiger partial charge in [0.2, 0.25) is 0 Å². The Balaban J connectivity index is 3.04. The van der Waals surface area contributed by atoms with E-state index >= 15 is 0 Å². The van der Waals surface area contributed by atoms with Gasteiger partial charge in [0.25, 0.3) is 0 Å². The van der Waals surface area contributed by atoms with Crippen molar-refractivity contribution in [2.24, 2.45) is 0 Å². The van der Waals surface area contributed by atoms with Gasteiger partial charge in [0.05, 0.1) is 0 Å². The second-order valence-corrected chi connectivity index (χ2v) is 2.78. The molecule has 0 aromatic rings. The molecule has 0 aromatic heterocycles. The summed E-state index contributed by atoms with van der Waals surface area (Å²) in [5.74, 6) is 0.226. The number of hydrogen-bond donors (Lipinski definition) is 0. The highest BCUT2D eigenvalue weighted by Crippen LogP contribution is 2.02. The predicted molar refractivity (Wildman–Crippen MR) is 45.6 cm³/mol. The maximum atomic E-state index is 10.9. The summed E-state index contributed by atoms with van der Waals surface area (Å²) in [5.41, 5.74) is 0. The first-order valence-electron chi connectivity index (χ1n) is 4.32. The smallest absolute Gasteiger partial charge is 0.158 e. The van der Waals surface area contributed by atoms with Crippen molar-refractivity contribution in [1.82, 2.24) is 0 Å². The van der Waals surface area contributed by atoms with Crippen LogP contribution < -0.4 is 0 Å². The van der Waals surface area contributed by atoms with Crippen LogP contribution in [0.4, 0.5) is 0 Å². The molecule has 0 bridgehead atoms. The Labute approximate surface area is 68.9 Å². The molecule has 0 rings (SSSR count).